The molecule has 94 valence electrons. The summed E-state index contributed by atoms with van der Waals surface area (Å²) in [5, 5.41) is 2.21. The zero-order valence-corrected chi connectivity index (χ0v) is 10.1. The third-order valence-corrected chi connectivity index (χ3v) is 3.32. The molecule has 2 amide bonds. The highest BCUT2D eigenvalue weighted by atomic mass is 32.2. The molecule has 4 N–H and O–H groups in total. The maximum absolute atomic E-state index is 11.3. The van der Waals surface area contributed by atoms with E-state index in [0.717, 1.165) is 0 Å². The predicted octanol–water partition coefficient (Wildman–Crippen LogP) is -1.69. The smallest absolute Gasteiger partial charge is 0.238 e. The second-order valence-electron chi connectivity index (χ2n) is 3.34. The zero-order valence-electron chi connectivity index (χ0n) is 9.32. The molecule has 0 radical (unpaired) electrons. The number of primary amides is 1. The molecular formula is C8H17N3O4S. The van der Waals surface area contributed by atoms with Gasteiger partial charge in [0.1, 0.15) is 0 Å². The van der Waals surface area contributed by atoms with Gasteiger partial charge >= 0.3 is 0 Å². The van der Waals surface area contributed by atoms with Crippen molar-refractivity contribution in [1.82, 2.24) is 10.0 Å². The third kappa shape index (κ3) is 6.36. The van der Waals surface area contributed by atoms with Crippen molar-refractivity contribution in [2.45, 2.75) is 26.3 Å². The first-order valence-corrected chi connectivity index (χ1v) is 6.49. The summed E-state index contributed by atoms with van der Waals surface area (Å²) < 4.78 is 24.8. The number of carbonyl (C=O) groups excluding carboxylic acids is 2. The van der Waals surface area contributed by atoms with Gasteiger partial charge in [-0.25, -0.2) is 13.1 Å². The second kappa shape index (κ2) is 6.44. The second-order valence-corrected chi connectivity index (χ2v) is 5.22. The number of hydrogen-bond donors (Lipinski definition) is 3. The van der Waals surface area contributed by atoms with E-state index in [1.807, 2.05) is 0 Å². The van der Waals surface area contributed by atoms with Crippen LogP contribution in [-0.2, 0) is 19.6 Å². The molecule has 0 saturated heterocycles. The number of sulfonamides is 1. The van der Waals surface area contributed by atoms with Crippen molar-refractivity contribution >= 4 is 21.8 Å². The fraction of sp³-hybridized carbons (Fsp3) is 0.750. The van der Waals surface area contributed by atoms with Gasteiger partial charge in [-0.05, 0) is 13.3 Å². The molecule has 0 aliphatic heterocycles. The summed E-state index contributed by atoms with van der Waals surface area (Å²) in [4.78, 5) is 21.7. The van der Waals surface area contributed by atoms with Crippen molar-refractivity contribution in [2.24, 2.45) is 5.73 Å². The minimum absolute atomic E-state index is 0.0412. The van der Waals surface area contributed by atoms with Gasteiger partial charge in [0, 0.05) is 0 Å². The minimum Gasteiger partial charge on any atom is -0.368 e. The van der Waals surface area contributed by atoms with Crippen LogP contribution in [0.2, 0.25) is 0 Å². The molecule has 0 aromatic rings. The average Bonchev–Trinajstić information content (AvgIpc) is 2.12. The molecule has 0 fully saturated rings. The number of carbonyl (C=O) groups is 2. The molecule has 0 aliphatic rings. The van der Waals surface area contributed by atoms with E-state index in [0.29, 0.717) is 6.42 Å². The van der Waals surface area contributed by atoms with Gasteiger partial charge in [0.05, 0.1) is 18.3 Å². The highest BCUT2D eigenvalue weighted by molar-refractivity contribution is 7.89. The van der Waals surface area contributed by atoms with Gasteiger partial charge in [-0.2, -0.15) is 0 Å². The quantitative estimate of drug-likeness (QED) is 0.500. The van der Waals surface area contributed by atoms with E-state index in [4.69, 9.17) is 5.73 Å². The topological polar surface area (TPSA) is 118 Å². The summed E-state index contributed by atoms with van der Waals surface area (Å²) in [6.45, 7) is 2.80. The Morgan fingerprint density at radius 2 is 1.94 bits per heavy atom. The Morgan fingerprint density at radius 3 is 2.38 bits per heavy atom. The van der Waals surface area contributed by atoms with Crippen molar-refractivity contribution in [1.29, 1.82) is 0 Å². The van der Waals surface area contributed by atoms with Crippen LogP contribution in [0.5, 0.6) is 0 Å². The molecule has 0 spiro atoms. The van der Waals surface area contributed by atoms with Gasteiger partial charge in [0.2, 0.25) is 21.8 Å². The van der Waals surface area contributed by atoms with Crippen molar-refractivity contribution in [3.63, 3.8) is 0 Å². The Kier molecular flexibility index (Phi) is 5.97. The van der Waals surface area contributed by atoms with Crippen LogP contribution in [0.25, 0.3) is 0 Å². The molecule has 8 heteroatoms. The van der Waals surface area contributed by atoms with Gasteiger partial charge in [-0.1, -0.05) is 6.92 Å². The lowest BCUT2D eigenvalue weighted by atomic mass is 10.3. The van der Waals surface area contributed by atoms with Gasteiger partial charge < -0.3 is 11.1 Å². The van der Waals surface area contributed by atoms with Crippen molar-refractivity contribution in [3.8, 4) is 0 Å². The van der Waals surface area contributed by atoms with Crippen LogP contribution in [0.15, 0.2) is 0 Å². The maximum atomic E-state index is 11.3. The Hall–Kier alpha value is -1.15. The summed E-state index contributed by atoms with van der Waals surface area (Å²) in [5.74, 6) is -1.31. The monoisotopic (exact) mass is 251 g/mol. The first kappa shape index (κ1) is 14.8. The Bertz CT molecular complexity index is 352. The fourth-order valence-corrected chi connectivity index (χ4v) is 2.28. The standard InChI is InChI=1S/C8H17N3O4S/c1-3-4-16(14,15)11-6(2)8(13)10-5-7(9)12/h6,11H,3-5H2,1-2H3,(H2,9,12)(H,10,13). The van der Waals surface area contributed by atoms with Crippen molar-refractivity contribution in [3.05, 3.63) is 0 Å². The summed E-state index contributed by atoms with van der Waals surface area (Å²) in [6, 6.07) is -0.920. The van der Waals surface area contributed by atoms with Gasteiger partial charge in [0.25, 0.3) is 0 Å². The Balaban J connectivity index is 4.20. The molecule has 0 bridgehead atoms. The number of nitrogens with two attached hydrogens (primary N) is 1. The summed E-state index contributed by atoms with van der Waals surface area (Å²) >= 11 is 0. The van der Waals surface area contributed by atoms with E-state index >= 15 is 0 Å². The van der Waals surface area contributed by atoms with E-state index in [2.05, 4.69) is 10.0 Å². The average molecular weight is 251 g/mol. The minimum atomic E-state index is -3.44. The molecule has 7 nitrogen and oxygen atoms in total. The lowest BCUT2D eigenvalue weighted by Crippen LogP contribution is -2.47. The Morgan fingerprint density at radius 1 is 1.38 bits per heavy atom. The van der Waals surface area contributed by atoms with Crippen molar-refractivity contribution in [2.75, 3.05) is 12.3 Å². The number of nitrogens with one attached hydrogen (secondary N) is 2. The Labute approximate surface area is 94.8 Å². The molecule has 0 aromatic carbocycles. The molecule has 0 saturated carbocycles. The molecule has 1 unspecified atom stereocenters. The summed E-state index contributed by atoms with van der Waals surface area (Å²) in [6.07, 6.45) is 0.463. The fourth-order valence-electron chi connectivity index (χ4n) is 0.978. The van der Waals surface area contributed by atoms with Gasteiger partial charge in [-0.15, -0.1) is 0 Å². The third-order valence-electron chi connectivity index (χ3n) is 1.66. The highest BCUT2D eigenvalue weighted by Crippen LogP contribution is 1.92. The lowest BCUT2D eigenvalue weighted by Gasteiger charge is -2.13. The number of rotatable bonds is 7. The largest absolute Gasteiger partial charge is 0.368 e. The zero-order chi connectivity index (χ0) is 12.8. The molecule has 0 aliphatic carbocycles. The van der Waals surface area contributed by atoms with Crippen LogP contribution in [0.4, 0.5) is 0 Å². The van der Waals surface area contributed by atoms with E-state index in [1.165, 1.54) is 6.92 Å². The van der Waals surface area contributed by atoms with E-state index in [1.54, 1.807) is 6.92 Å². The van der Waals surface area contributed by atoms with Crippen LogP contribution in [0.1, 0.15) is 20.3 Å². The molecule has 1 atom stereocenters. The van der Waals surface area contributed by atoms with Crippen LogP contribution in [-0.4, -0.2) is 38.6 Å². The normalized spacial score (nSPS) is 13.1. The summed E-state index contributed by atoms with van der Waals surface area (Å²) in [7, 11) is -3.44. The molecule has 16 heavy (non-hydrogen) atoms. The van der Waals surface area contributed by atoms with Gasteiger partial charge in [-0.3, -0.25) is 9.59 Å². The van der Waals surface area contributed by atoms with Crippen LogP contribution in [0, 0.1) is 0 Å². The van der Waals surface area contributed by atoms with Crippen LogP contribution >= 0.6 is 0 Å². The van der Waals surface area contributed by atoms with E-state index < -0.39 is 27.9 Å². The molecule has 0 heterocycles. The SMILES string of the molecule is CCCS(=O)(=O)NC(C)C(=O)NCC(N)=O. The van der Waals surface area contributed by atoms with Crippen molar-refractivity contribution < 1.29 is 18.0 Å². The van der Waals surface area contributed by atoms with E-state index in [-0.39, 0.29) is 12.3 Å². The predicted molar refractivity (Wildman–Crippen MR) is 58.9 cm³/mol. The number of hydrogen-bond acceptors (Lipinski definition) is 4. The molecule has 0 rings (SSSR count). The molecular weight excluding hydrogens is 234 g/mol. The van der Waals surface area contributed by atoms with Gasteiger partial charge in [0.15, 0.2) is 0 Å². The van der Waals surface area contributed by atoms with Crippen LogP contribution in [0.3, 0.4) is 0 Å². The van der Waals surface area contributed by atoms with E-state index in [9.17, 15) is 18.0 Å². The highest BCUT2D eigenvalue weighted by Gasteiger charge is 2.19. The molecule has 0 aromatic heterocycles. The first-order chi connectivity index (χ1) is 7.28. The lowest BCUT2D eigenvalue weighted by molar-refractivity contribution is -0.125. The van der Waals surface area contributed by atoms with Crippen LogP contribution < -0.4 is 15.8 Å². The number of amides is 2. The summed E-state index contributed by atoms with van der Waals surface area (Å²) in [5.41, 5.74) is 4.82. The first-order valence-electron chi connectivity index (χ1n) is 4.84. The maximum Gasteiger partial charge on any atom is 0.238 e.